The first kappa shape index (κ1) is 22.9. The van der Waals surface area contributed by atoms with Crippen molar-refractivity contribution in [2.45, 2.75) is 38.1 Å². The van der Waals surface area contributed by atoms with Gasteiger partial charge in [-0.25, -0.2) is 4.79 Å². The van der Waals surface area contributed by atoms with Crippen LogP contribution in [-0.2, 0) is 16.0 Å². The van der Waals surface area contributed by atoms with Crippen LogP contribution in [0.4, 0.5) is 5.69 Å². The van der Waals surface area contributed by atoms with Gasteiger partial charge in [-0.3, -0.25) is 14.6 Å². The minimum Gasteiger partial charge on any atom is -0.480 e. The molecule has 2 aromatic carbocycles. The van der Waals surface area contributed by atoms with Gasteiger partial charge >= 0.3 is 5.97 Å². The van der Waals surface area contributed by atoms with Gasteiger partial charge in [-0.1, -0.05) is 43.2 Å². The number of fused-ring (bicyclic) bond motifs is 1. The molecule has 1 aliphatic carbocycles. The number of nitrogens with zero attached hydrogens (tertiary/aromatic N) is 2. The van der Waals surface area contributed by atoms with E-state index in [-0.39, 0.29) is 12.3 Å². The van der Waals surface area contributed by atoms with Crippen molar-refractivity contribution < 1.29 is 19.5 Å². The summed E-state index contributed by atoms with van der Waals surface area (Å²) in [5.41, 5.74) is 1.32. The predicted molar refractivity (Wildman–Crippen MR) is 126 cm³/mol. The maximum atomic E-state index is 12.8. The zero-order valence-electron chi connectivity index (χ0n) is 18.5. The number of carbonyl (C=O) groups excluding carboxylic acids is 2. The molecule has 1 heterocycles. The van der Waals surface area contributed by atoms with E-state index in [1.54, 1.807) is 36.5 Å². The van der Waals surface area contributed by atoms with Gasteiger partial charge in [0.05, 0.1) is 17.1 Å². The summed E-state index contributed by atoms with van der Waals surface area (Å²) in [6, 6.07) is 16.8. The molecular formula is C26H24N4O4. The van der Waals surface area contributed by atoms with Crippen molar-refractivity contribution in [1.82, 2.24) is 10.3 Å². The standard InChI is InChI=1S/C26H24N4O4/c27-16-26(12-3-4-13-26)25(34)30-22(24(32)33)15-17-7-9-18(10-8-17)29-23(31)20-11-14-28-21-6-2-1-5-19(20)21/h1-2,5-11,14,22H,3-4,12-13,15H2,(H,29,31)(H,30,34)(H,32,33). The summed E-state index contributed by atoms with van der Waals surface area (Å²) in [6.45, 7) is 0. The summed E-state index contributed by atoms with van der Waals surface area (Å²) in [4.78, 5) is 41.5. The molecule has 1 fully saturated rings. The van der Waals surface area contributed by atoms with Crippen LogP contribution in [0.5, 0.6) is 0 Å². The van der Waals surface area contributed by atoms with E-state index in [0.29, 0.717) is 29.7 Å². The molecule has 4 rings (SSSR count). The topological polar surface area (TPSA) is 132 Å². The first-order chi connectivity index (χ1) is 16.4. The monoisotopic (exact) mass is 456 g/mol. The van der Waals surface area contributed by atoms with E-state index in [2.05, 4.69) is 21.7 Å². The first-order valence-electron chi connectivity index (χ1n) is 11.1. The number of anilines is 1. The number of hydrogen-bond donors (Lipinski definition) is 3. The van der Waals surface area contributed by atoms with Crippen LogP contribution in [0.3, 0.4) is 0 Å². The smallest absolute Gasteiger partial charge is 0.326 e. The Morgan fingerprint density at radius 2 is 1.76 bits per heavy atom. The van der Waals surface area contributed by atoms with E-state index >= 15 is 0 Å². The number of pyridine rings is 1. The molecule has 1 aliphatic rings. The third-order valence-electron chi connectivity index (χ3n) is 6.25. The number of hydrogen-bond acceptors (Lipinski definition) is 5. The van der Waals surface area contributed by atoms with Crippen molar-refractivity contribution in [2.24, 2.45) is 5.41 Å². The van der Waals surface area contributed by atoms with Gasteiger partial charge in [0, 0.05) is 23.7 Å². The number of rotatable bonds is 7. The lowest BCUT2D eigenvalue weighted by molar-refractivity contribution is -0.143. The fourth-order valence-electron chi connectivity index (χ4n) is 4.32. The maximum absolute atomic E-state index is 12.8. The van der Waals surface area contributed by atoms with E-state index < -0.39 is 23.3 Å². The average Bonchev–Trinajstić information content (AvgIpc) is 3.35. The SMILES string of the molecule is N#CC1(C(=O)NC(Cc2ccc(NC(=O)c3ccnc4ccccc34)cc2)C(=O)O)CCCC1. The Hall–Kier alpha value is -4.25. The molecule has 0 radical (unpaired) electrons. The van der Waals surface area contributed by atoms with Crippen molar-refractivity contribution >= 4 is 34.4 Å². The van der Waals surface area contributed by atoms with E-state index in [0.717, 1.165) is 23.7 Å². The number of carboxylic acids is 1. The average molecular weight is 457 g/mol. The molecule has 3 aromatic rings. The largest absolute Gasteiger partial charge is 0.480 e. The fourth-order valence-corrected chi connectivity index (χ4v) is 4.32. The van der Waals surface area contributed by atoms with E-state index in [4.69, 9.17) is 0 Å². The zero-order chi connectivity index (χ0) is 24.1. The summed E-state index contributed by atoms with van der Waals surface area (Å²) in [7, 11) is 0. The zero-order valence-corrected chi connectivity index (χ0v) is 18.5. The molecule has 8 heteroatoms. The number of amides is 2. The summed E-state index contributed by atoms with van der Waals surface area (Å²) in [6.07, 6.45) is 4.10. The maximum Gasteiger partial charge on any atom is 0.326 e. The van der Waals surface area contributed by atoms with Gasteiger partial charge in [0.25, 0.3) is 5.91 Å². The number of nitriles is 1. The Kier molecular flexibility index (Phi) is 6.55. The number of aliphatic carboxylic acids is 1. The highest BCUT2D eigenvalue weighted by molar-refractivity contribution is 6.12. The van der Waals surface area contributed by atoms with Gasteiger partial charge in [-0.05, 0) is 42.7 Å². The third-order valence-corrected chi connectivity index (χ3v) is 6.25. The highest BCUT2D eigenvalue weighted by atomic mass is 16.4. The Bertz CT molecular complexity index is 1270. The normalized spacial score (nSPS) is 15.3. The van der Waals surface area contributed by atoms with Gasteiger partial charge < -0.3 is 15.7 Å². The lowest BCUT2D eigenvalue weighted by Crippen LogP contribution is -2.48. The van der Waals surface area contributed by atoms with Gasteiger partial charge in [0.2, 0.25) is 5.91 Å². The summed E-state index contributed by atoms with van der Waals surface area (Å²) < 4.78 is 0. The van der Waals surface area contributed by atoms with Crippen LogP contribution >= 0.6 is 0 Å². The van der Waals surface area contributed by atoms with Crippen molar-refractivity contribution in [3.8, 4) is 6.07 Å². The molecule has 1 atom stereocenters. The summed E-state index contributed by atoms with van der Waals surface area (Å²) >= 11 is 0. The van der Waals surface area contributed by atoms with Crippen molar-refractivity contribution in [3.05, 3.63) is 71.9 Å². The van der Waals surface area contributed by atoms with Crippen LogP contribution in [0.25, 0.3) is 10.9 Å². The van der Waals surface area contributed by atoms with Gasteiger partial charge in [0.1, 0.15) is 11.5 Å². The number of nitrogens with one attached hydrogen (secondary N) is 2. The number of para-hydroxylation sites is 1. The molecule has 2 amide bonds. The van der Waals surface area contributed by atoms with Gasteiger partial charge in [0.15, 0.2) is 0 Å². The van der Waals surface area contributed by atoms with Gasteiger partial charge in [-0.15, -0.1) is 0 Å². The molecule has 1 saturated carbocycles. The lowest BCUT2D eigenvalue weighted by Gasteiger charge is -2.23. The minimum absolute atomic E-state index is 0.0613. The first-order valence-corrected chi connectivity index (χ1v) is 11.1. The van der Waals surface area contributed by atoms with Crippen LogP contribution < -0.4 is 10.6 Å². The summed E-state index contributed by atoms with van der Waals surface area (Å²) in [5, 5.41) is 25.2. The fraction of sp³-hybridized carbons (Fsp3) is 0.269. The van der Waals surface area contributed by atoms with Crippen LogP contribution in [0.15, 0.2) is 60.8 Å². The van der Waals surface area contributed by atoms with Gasteiger partial charge in [-0.2, -0.15) is 5.26 Å². The number of carboxylic acid groups (broad SMARTS) is 1. The minimum atomic E-state index is -1.17. The number of benzene rings is 2. The van der Waals surface area contributed by atoms with Crippen molar-refractivity contribution in [1.29, 1.82) is 5.26 Å². The molecule has 0 aliphatic heterocycles. The molecule has 0 bridgehead atoms. The quantitative estimate of drug-likeness (QED) is 0.497. The Balaban J connectivity index is 1.43. The number of carbonyl (C=O) groups is 3. The van der Waals surface area contributed by atoms with E-state index in [1.807, 2.05) is 24.3 Å². The molecule has 34 heavy (non-hydrogen) atoms. The molecule has 0 saturated heterocycles. The lowest BCUT2D eigenvalue weighted by atomic mass is 9.86. The Morgan fingerprint density at radius 3 is 2.44 bits per heavy atom. The second kappa shape index (κ2) is 9.71. The van der Waals surface area contributed by atoms with E-state index in [1.165, 1.54) is 0 Å². The predicted octanol–water partition coefficient (Wildman–Crippen LogP) is 3.68. The van der Waals surface area contributed by atoms with E-state index in [9.17, 15) is 24.8 Å². The molecule has 3 N–H and O–H groups in total. The molecule has 0 spiro atoms. The molecule has 8 nitrogen and oxygen atoms in total. The highest BCUT2D eigenvalue weighted by Gasteiger charge is 2.42. The molecule has 1 unspecified atom stereocenters. The Morgan fingerprint density at radius 1 is 1.06 bits per heavy atom. The van der Waals surface area contributed by atoms with Crippen LogP contribution in [-0.4, -0.2) is 33.9 Å². The van der Waals surface area contributed by atoms with Crippen LogP contribution in [0.2, 0.25) is 0 Å². The Labute approximate surface area is 196 Å². The van der Waals surface area contributed by atoms with Crippen molar-refractivity contribution in [2.75, 3.05) is 5.32 Å². The highest BCUT2D eigenvalue weighted by Crippen LogP contribution is 2.37. The second-order valence-corrected chi connectivity index (χ2v) is 8.50. The molecule has 1 aromatic heterocycles. The number of aromatic nitrogens is 1. The third kappa shape index (κ3) is 4.74. The van der Waals surface area contributed by atoms with Crippen LogP contribution in [0, 0.1) is 16.7 Å². The van der Waals surface area contributed by atoms with Crippen molar-refractivity contribution in [3.63, 3.8) is 0 Å². The molecule has 172 valence electrons. The second-order valence-electron chi connectivity index (χ2n) is 8.50. The van der Waals surface area contributed by atoms with Crippen LogP contribution in [0.1, 0.15) is 41.6 Å². The summed E-state index contributed by atoms with van der Waals surface area (Å²) in [5.74, 6) is -1.96. The molecular weight excluding hydrogens is 432 g/mol.